The SMILES string of the molecule is CC.CC(C)(C)OC=O.CNCCCCC(C(=O)O)N1CC2(C(=O)OC)CN(C)CC(C(=O)OC)(C1)C2O.c1ccncc1.c1ccncc1. The number of nitrogens with one attached hydrogen (secondary N) is 1. The van der Waals surface area contributed by atoms with E-state index in [1.165, 1.54) is 14.2 Å². The summed E-state index contributed by atoms with van der Waals surface area (Å²) in [6.45, 7) is 11.0. The number of nitrogens with zero attached hydrogens (tertiary/aromatic N) is 4. The number of piperidine rings is 2. The number of rotatable bonds is 10. The fourth-order valence-electron chi connectivity index (χ4n) is 5.75. The highest BCUT2D eigenvalue weighted by Crippen LogP contribution is 2.48. The molecule has 2 bridgehead atoms. The van der Waals surface area contributed by atoms with Gasteiger partial charge in [0.25, 0.3) is 6.47 Å². The van der Waals surface area contributed by atoms with E-state index in [0.717, 1.165) is 13.0 Å². The topological polar surface area (TPSA) is 181 Å². The summed E-state index contributed by atoms with van der Waals surface area (Å²) in [5.74, 6) is -2.33. The first-order valence-electron chi connectivity index (χ1n) is 16.7. The molecule has 0 amide bonds. The third-order valence-corrected chi connectivity index (χ3v) is 7.72. The predicted molar refractivity (Wildman–Crippen MR) is 190 cm³/mol. The number of ether oxygens (including phenoxy) is 3. The van der Waals surface area contributed by atoms with Crippen molar-refractivity contribution in [1.29, 1.82) is 0 Å². The summed E-state index contributed by atoms with van der Waals surface area (Å²) in [7, 11) is 6.04. The summed E-state index contributed by atoms with van der Waals surface area (Å²) in [5, 5.41) is 24.1. The number of aliphatic hydroxyl groups is 1. The minimum absolute atomic E-state index is 0.00703. The molecule has 4 heterocycles. The summed E-state index contributed by atoms with van der Waals surface area (Å²) in [6, 6.07) is 10.6. The van der Waals surface area contributed by atoms with Crippen molar-refractivity contribution in [3.63, 3.8) is 0 Å². The van der Waals surface area contributed by atoms with E-state index in [9.17, 15) is 29.4 Å². The van der Waals surface area contributed by atoms with E-state index in [0.29, 0.717) is 19.3 Å². The number of unbranched alkanes of at least 4 members (excludes halogenated alkanes) is 1. The molecule has 50 heavy (non-hydrogen) atoms. The van der Waals surface area contributed by atoms with Crippen LogP contribution in [-0.4, -0.2) is 133 Å². The zero-order valence-corrected chi connectivity index (χ0v) is 31.2. The fraction of sp³-hybridized carbons (Fsp3) is 0.611. The summed E-state index contributed by atoms with van der Waals surface area (Å²) in [6.07, 6.45) is 7.52. The van der Waals surface area contributed by atoms with Crippen LogP contribution in [-0.2, 0) is 33.4 Å². The van der Waals surface area contributed by atoms with Crippen molar-refractivity contribution >= 4 is 24.4 Å². The van der Waals surface area contributed by atoms with Gasteiger partial charge in [0, 0.05) is 51.0 Å². The van der Waals surface area contributed by atoms with Gasteiger partial charge >= 0.3 is 17.9 Å². The van der Waals surface area contributed by atoms with Crippen molar-refractivity contribution in [2.24, 2.45) is 10.8 Å². The quantitative estimate of drug-likeness (QED) is 0.142. The van der Waals surface area contributed by atoms with Gasteiger partial charge < -0.3 is 34.6 Å². The number of carbonyl (C=O) groups excluding carboxylic acids is 3. The number of aliphatic hydroxyl groups excluding tert-OH is 1. The lowest BCUT2D eigenvalue weighted by Crippen LogP contribution is -2.77. The first-order chi connectivity index (χ1) is 23.7. The van der Waals surface area contributed by atoms with Crippen LogP contribution in [0.2, 0.25) is 0 Å². The molecule has 3 unspecified atom stereocenters. The van der Waals surface area contributed by atoms with Crippen molar-refractivity contribution in [3.05, 3.63) is 61.2 Å². The van der Waals surface area contributed by atoms with Crippen LogP contribution < -0.4 is 5.32 Å². The zero-order valence-electron chi connectivity index (χ0n) is 31.2. The molecule has 3 N–H and O–H groups in total. The third-order valence-electron chi connectivity index (χ3n) is 7.72. The number of hydrogen-bond acceptors (Lipinski definition) is 13. The number of esters is 2. The van der Waals surface area contributed by atoms with Crippen LogP contribution in [0, 0.1) is 10.8 Å². The lowest BCUT2D eigenvalue weighted by atomic mass is 9.60. The summed E-state index contributed by atoms with van der Waals surface area (Å²) in [4.78, 5) is 58.3. The first kappa shape index (κ1) is 46.0. The lowest BCUT2D eigenvalue weighted by molar-refractivity contribution is -0.221. The minimum atomic E-state index is -1.44. The number of pyridine rings is 2. The molecule has 2 saturated heterocycles. The van der Waals surface area contributed by atoms with Crippen molar-refractivity contribution in [3.8, 4) is 0 Å². The van der Waals surface area contributed by atoms with Gasteiger partial charge in [0.05, 0.1) is 20.3 Å². The number of aromatic nitrogens is 2. The van der Waals surface area contributed by atoms with E-state index in [-0.39, 0.29) is 31.8 Å². The number of likely N-dealkylation sites (tertiary alicyclic amines) is 2. The lowest BCUT2D eigenvalue weighted by Gasteiger charge is -2.59. The van der Waals surface area contributed by atoms with Gasteiger partial charge in [0.2, 0.25) is 0 Å². The van der Waals surface area contributed by atoms with E-state index < -0.39 is 40.9 Å². The average Bonchev–Trinajstić information content (AvgIpc) is 3.11. The maximum absolute atomic E-state index is 12.8. The highest BCUT2D eigenvalue weighted by Gasteiger charge is 2.67. The van der Waals surface area contributed by atoms with Gasteiger partial charge in [-0.15, -0.1) is 0 Å². The van der Waals surface area contributed by atoms with Crippen molar-refractivity contribution < 1.29 is 43.6 Å². The third kappa shape index (κ3) is 14.9. The second kappa shape index (κ2) is 24.2. The minimum Gasteiger partial charge on any atom is -0.480 e. The Morgan fingerprint density at radius 3 is 1.58 bits per heavy atom. The van der Waals surface area contributed by atoms with Gasteiger partial charge in [-0.25, -0.2) is 0 Å². The monoisotopic (exact) mass is 705 g/mol. The molecule has 2 aliphatic rings. The van der Waals surface area contributed by atoms with Crippen molar-refractivity contribution in [1.82, 2.24) is 25.1 Å². The van der Waals surface area contributed by atoms with Crippen LogP contribution in [0.15, 0.2) is 61.2 Å². The number of carbonyl (C=O) groups is 4. The molecule has 0 saturated carbocycles. The average molecular weight is 706 g/mol. The maximum Gasteiger partial charge on any atom is 0.320 e. The van der Waals surface area contributed by atoms with Crippen molar-refractivity contribution in [2.45, 2.75) is 71.6 Å². The van der Waals surface area contributed by atoms with E-state index >= 15 is 0 Å². The molecule has 4 rings (SSSR count). The molecular formula is C36H59N5O9. The molecule has 0 aliphatic carbocycles. The van der Waals surface area contributed by atoms with E-state index in [2.05, 4.69) is 20.0 Å². The van der Waals surface area contributed by atoms with Crippen LogP contribution in [0.5, 0.6) is 0 Å². The van der Waals surface area contributed by atoms with Crippen LogP contribution >= 0.6 is 0 Å². The Morgan fingerprint density at radius 1 is 0.880 bits per heavy atom. The highest BCUT2D eigenvalue weighted by molar-refractivity contribution is 5.85. The summed E-state index contributed by atoms with van der Waals surface area (Å²) >= 11 is 0. The highest BCUT2D eigenvalue weighted by atomic mass is 16.5. The second-order valence-electron chi connectivity index (χ2n) is 12.6. The van der Waals surface area contributed by atoms with Crippen LogP contribution in [0.3, 0.4) is 0 Å². The van der Waals surface area contributed by atoms with Gasteiger partial charge in [0.1, 0.15) is 22.5 Å². The number of aliphatic carboxylic acids is 1. The van der Waals surface area contributed by atoms with Crippen LogP contribution in [0.1, 0.15) is 53.9 Å². The molecule has 14 heteroatoms. The first-order valence-corrected chi connectivity index (χ1v) is 16.7. The molecule has 14 nitrogen and oxygen atoms in total. The van der Waals surface area contributed by atoms with E-state index in [4.69, 9.17) is 9.47 Å². The number of fused-ring (bicyclic) bond motifs is 2. The Labute approximate surface area is 297 Å². The Bertz CT molecular complexity index is 1100. The fourth-order valence-corrected chi connectivity index (χ4v) is 5.75. The number of carboxylic acid groups (broad SMARTS) is 1. The van der Waals surface area contributed by atoms with Crippen molar-refractivity contribution in [2.75, 3.05) is 61.0 Å². The normalized spacial score (nSPS) is 21.6. The molecule has 2 fully saturated rings. The number of hydrogen-bond donors (Lipinski definition) is 3. The zero-order chi connectivity index (χ0) is 38.2. The van der Waals surface area contributed by atoms with E-state index in [1.807, 2.05) is 78.1 Å². The van der Waals surface area contributed by atoms with Gasteiger partial charge in [0.15, 0.2) is 0 Å². The van der Waals surface area contributed by atoms with Crippen LogP contribution in [0.25, 0.3) is 0 Å². The number of methoxy groups -OCH3 is 2. The predicted octanol–water partition coefficient (Wildman–Crippen LogP) is 2.92. The number of carboxylic acids is 1. The molecule has 3 atom stereocenters. The largest absolute Gasteiger partial charge is 0.480 e. The van der Waals surface area contributed by atoms with E-state index in [1.54, 1.807) is 41.6 Å². The summed E-state index contributed by atoms with van der Waals surface area (Å²) in [5.41, 5.74) is -3.19. The molecule has 2 aromatic rings. The molecule has 0 aromatic carbocycles. The second-order valence-corrected chi connectivity index (χ2v) is 12.6. The van der Waals surface area contributed by atoms with Gasteiger partial charge in [-0.05, 0) is 78.5 Å². The summed E-state index contributed by atoms with van der Waals surface area (Å²) < 4.78 is 14.5. The Balaban J connectivity index is 0.000000912. The van der Waals surface area contributed by atoms with Gasteiger partial charge in [-0.3, -0.25) is 34.0 Å². The smallest absolute Gasteiger partial charge is 0.320 e. The Hall–Kier alpha value is -3.98. The maximum atomic E-state index is 12.8. The Morgan fingerprint density at radius 2 is 1.32 bits per heavy atom. The molecule has 2 aliphatic heterocycles. The van der Waals surface area contributed by atoms with Crippen LogP contribution in [0.4, 0.5) is 0 Å². The molecule has 0 spiro atoms. The van der Waals surface area contributed by atoms with Gasteiger partial charge in [-0.2, -0.15) is 0 Å². The standard InChI is InChI=1S/C19H33N3O7.2C5H5N.C5H10O2.C2H6/c1-20-8-6-5-7-13(14(23)24)22-11-18(16(26)28-3)9-21(2)10-19(12-22,15(18)25)17(27)29-4;2*1-2-4-6-5-3-1;1-5(2,3)7-4-6;1-2/h13,15,20,25H,5-12H2,1-4H3,(H,23,24);2*1-5H;4H,1-3H3;1-2H3. The van der Waals surface area contributed by atoms with Gasteiger partial charge in [-0.1, -0.05) is 32.4 Å². The molecule has 2 aromatic heterocycles. The molecular weight excluding hydrogens is 646 g/mol. The molecule has 282 valence electrons. The Kier molecular flexibility index (Phi) is 22.3. The molecule has 0 radical (unpaired) electrons.